The Morgan fingerprint density at radius 2 is 1.92 bits per heavy atom. The second-order valence-corrected chi connectivity index (χ2v) is 8.12. The summed E-state index contributed by atoms with van der Waals surface area (Å²) in [7, 11) is 0. The van der Waals surface area contributed by atoms with Gasteiger partial charge in [0.05, 0.1) is 29.6 Å². The molecule has 1 N–H and O–H groups in total. The van der Waals surface area contributed by atoms with Crippen LogP contribution in [0.15, 0.2) is 53.9 Å². The van der Waals surface area contributed by atoms with Gasteiger partial charge in [0.2, 0.25) is 0 Å². The predicted molar refractivity (Wildman–Crippen MR) is 108 cm³/mol. The third-order valence-corrected chi connectivity index (χ3v) is 6.39. The van der Waals surface area contributed by atoms with Crippen molar-refractivity contribution in [2.45, 2.75) is 6.54 Å². The second kappa shape index (κ2) is 8.03. The van der Waals surface area contributed by atoms with Crippen LogP contribution in [-0.4, -0.2) is 32.2 Å². The number of hydrogen-bond acceptors (Lipinski definition) is 5. The maximum Gasteiger partial charge on any atom is 0.261 e. The molecule has 3 heterocycles. The lowest BCUT2D eigenvalue weighted by molar-refractivity contribution is 0.0955. The molecule has 1 amide bonds. The highest BCUT2D eigenvalue weighted by atomic mass is 32.1. The first-order valence-corrected chi connectivity index (χ1v) is 10.3. The standard InChI is InChI=1S/C20H20N2O2S2/c23-19(21-14-16-7-4-12-25-16)18-13-17(15-5-2-1-3-6-15)20(26-18)22-8-10-24-11-9-22/h1-7,12-13H,8-11,14H2,(H,21,23). The number of hydrogen-bond donors (Lipinski definition) is 1. The van der Waals surface area contributed by atoms with Crippen molar-refractivity contribution in [1.29, 1.82) is 0 Å². The highest BCUT2D eigenvalue weighted by Crippen LogP contribution is 2.39. The van der Waals surface area contributed by atoms with E-state index in [1.807, 2.05) is 41.8 Å². The van der Waals surface area contributed by atoms with E-state index < -0.39 is 0 Å². The second-order valence-electron chi connectivity index (χ2n) is 6.06. The molecule has 26 heavy (non-hydrogen) atoms. The van der Waals surface area contributed by atoms with Crippen molar-refractivity contribution in [2.75, 3.05) is 31.2 Å². The topological polar surface area (TPSA) is 41.6 Å². The molecule has 6 heteroatoms. The summed E-state index contributed by atoms with van der Waals surface area (Å²) in [6.45, 7) is 3.74. The van der Waals surface area contributed by atoms with Crippen LogP contribution in [0.2, 0.25) is 0 Å². The molecule has 4 rings (SSSR count). The first-order valence-electron chi connectivity index (χ1n) is 8.64. The Labute approximate surface area is 161 Å². The predicted octanol–water partition coefficient (Wildman–Crippen LogP) is 4.24. The molecule has 134 valence electrons. The van der Waals surface area contributed by atoms with Crippen molar-refractivity contribution in [3.8, 4) is 11.1 Å². The van der Waals surface area contributed by atoms with Gasteiger partial charge in [-0.3, -0.25) is 4.79 Å². The maximum atomic E-state index is 12.7. The molecule has 0 radical (unpaired) electrons. The third kappa shape index (κ3) is 3.82. The monoisotopic (exact) mass is 384 g/mol. The van der Waals surface area contributed by atoms with E-state index in [0.717, 1.165) is 52.2 Å². The van der Waals surface area contributed by atoms with Crippen LogP contribution in [0, 0.1) is 0 Å². The molecule has 0 spiro atoms. The van der Waals surface area contributed by atoms with Crippen LogP contribution in [0.25, 0.3) is 11.1 Å². The molecule has 4 nitrogen and oxygen atoms in total. The molecular weight excluding hydrogens is 364 g/mol. The van der Waals surface area contributed by atoms with E-state index >= 15 is 0 Å². The summed E-state index contributed by atoms with van der Waals surface area (Å²) >= 11 is 3.22. The van der Waals surface area contributed by atoms with Crippen molar-refractivity contribution >= 4 is 33.6 Å². The SMILES string of the molecule is O=C(NCc1cccs1)c1cc(-c2ccccc2)c(N2CCOCC2)s1. The van der Waals surface area contributed by atoms with Gasteiger partial charge in [-0.15, -0.1) is 22.7 Å². The van der Waals surface area contributed by atoms with Crippen molar-refractivity contribution < 1.29 is 9.53 Å². The van der Waals surface area contributed by atoms with E-state index in [1.54, 1.807) is 22.7 Å². The number of ether oxygens (including phenoxy) is 1. The van der Waals surface area contributed by atoms with Crippen LogP contribution in [0.5, 0.6) is 0 Å². The average molecular weight is 385 g/mol. The van der Waals surface area contributed by atoms with Crippen molar-refractivity contribution in [3.63, 3.8) is 0 Å². The van der Waals surface area contributed by atoms with Crippen molar-refractivity contribution in [3.05, 3.63) is 63.7 Å². The molecule has 3 aromatic rings. The van der Waals surface area contributed by atoms with Gasteiger partial charge in [0.1, 0.15) is 0 Å². The molecule has 0 aliphatic carbocycles. The number of carbonyl (C=O) groups excluding carboxylic acids is 1. The quantitative estimate of drug-likeness (QED) is 0.715. The molecule has 1 saturated heterocycles. The average Bonchev–Trinajstić information content (AvgIpc) is 3.37. The molecule has 0 saturated carbocycles. The van der Waals surface area contributed by atoms with Crippen LogP contribution in [0.4, 0.5) is 5.00 Å². The van der Waals surface area contributed by atoms with Gasteiger partial charge in [-0.1, -0.05) is 36.4 Å². The van der Waals surface area contributed by atoms with Gasteiger partial charge >= 0.3 is 0 Å². The molecule has 1 fully saturated rings. The molecule has 0 bridgehead atoms. The Balaban J connectivity index is 1.60. The summed E-state index contributed by atoms with van der Waals surface area (Å²) in [5.74, 6) is -0.0138. The normalized spacial score (nSPS) is 14.4. The Morgan fingerprint density at radius 3 is 2.65 bits per heavy atom. The summed E-state index contributed by atoms with van der Waals surface area (Å²) < 4.78 is 5.49. The highest BCUT2D eigenvalue weighted by Gasteiger charge is 2.21. The number of thiophene rings is 2. The lowest BCUT2D eigenvalue weighted by Gasteiger charge is -2.28. The summed E-state index contributed by atoms with van der Waals surface area (Å²) in [6, 6.07) is 16.3. The van der Waals surface area contributed by atoms with Crippen LogP contribution >= 0.6 is 22.7 Å². The minimum atomic E-state index is -0.0138. The Hall–Kier alpha value is -2.15. The fraction of sp³-hybridized carbons (Fsp3) is 0.250. The first kappa shape index (κ1) is 17.3. The molecule has 1 aliphatic heterocycles. The smallest absolute Gasteiger partial charge is 0.261 e. The Kier molecular flexibility index (Phi) is 5.34. The van der Waals surface area contributed by atoms with E-state index in [0.29, 0.717) is 6.54 Å². The lowest BCUT2D eigenvalue weighted by atomic mass is 10.1. The Morgan fingerprint density at radius 1 is 1.12 bits per heavy atom. The number of nitrogens with one attached hydrogen (secondary N) is 1. The molecule has 0 unspecified atom stereocenters. The molecule has 0 atom stereocenters. The number of benzene rings is 1. The summed E-state index contributed by atoms with van der Waals surface area (Å²) in [5, 5.41) is 6.21. The molecule has 1 aromatic carbocycles. The summed E-state index contributed by atoms with van der Waals surface area (Å²) in [4.78, 5) is 16.9. The van der Waals surface area contributed by atoms with Crippen molar-refractivity contribution in [2.24, 2.45) is 0 Å². The van der Waals surface area contributed by atoms with Gasteiger partial charge in [-0.05, 0) is 23.1 Å². The highest BCUT2D eigenvalue weighted by molar-refractivity contribution is 7.18. The number of amides is 1. The first-order chi connectivity index (χ1) is 12.8. The number of nitrogens with zero attached hydrogens (tertiary/aromatic N) is 1. The van der Waals surface area contributed by atoms with E-state index in [2.05, 4.69) is 22.3 Å². The molecule has 1 aliphatic rings. The largest absolute Gasteiger partial charge is 0.378 e. The Bertz CT molecular complexity index is 853. The van der Waals surface area contributed by atoms with Crippen LogP contribution in [0.3, 0.4) is 0 Å². The van der Waals surface area contributed by atoms with Gasteiger partial charge in [0, 0.05) is 23.5 Å². The summed E-state index contributed by atoms with van der Waals surface area (Å²) in [6.07, 6.45) is 0. The number of anilines is 1. The number of carbonyl (C=O) groups is 1. The van der Waals surface area contributed by atoms with Gasteiger partial charge in [-0.2, -0.15) is 0 Å². The minimum absolute atomic E-state index is 0.0138. The maximum absolute atomic E-state index is 12.7. The van der Waals surface area contributed by atoms with Crippen LogP contribution in [-0.2, 0) is 11.3 Å². The zero-order valence-corrected chi connectivity index (χ0v) is 15.9. The summed E-state index contributed by atoms with van der Waals surface area (Å²) in [5.41, 5.74) is 2.27. The van der Waals surface area contributed by atoms with Gasteiger partial charge in [0.25, 0.3) is 5.91 Å². The van der Waals surface area contributed by atoms with E-state index in [4.69, 9.17) is 4.74 Å². The fourth-order valence-corrected chi connectivity index (χ4v) is 4.78. The van der Waals surface area contributed by atoms with E-state index in [1.165, 1.54) is 0 Å². The zero-order valence-electron chi connectivity index (χ0n) is 14.3. The number of rotatable bonds is 5. The van der Waals surface area contributed by atoms with Gasteiger partial charge < -0.3 is 15.0 Å². The van der Waals surface area contributed by atoms with Crippen LogP contribution in [0.1, 0.15) is 14.5 Å². The fourth-order valence-electron chi connectivity index (χ4n) is 2.99. The lowest BCUT2D eigenvalue weighted by Crippen LogP contribution is -2.35. The minimum Gasteiger partial charge on any atom is -0.378 e. The van der Waals surface area contributed by atoms with Crippen molar-refractivity contribution in [1.82, 2.24) is 5.32 Å². The van der Waals surface area contributed by atoms with Crippen LogP contribution < -0.4 is 10.2 Å². The number of morpholine rings is 1. The van der Waals surface area contributed by atoms with Gasteiger partial charge in [-0.25, -0.2) is 0 Å². The third-order valence-electron chi connectivity index (χ3n) is 4.32. The van der Waals surface area contributed by atoms with Gasteiger partial charge in [0.15, 0.2) is 0 Å². The molecular formula is C20H20N2O2S2. The molecule has 2 aromatic heterocycles. The van der Waals surface area contributed by atoms with E-state index in [9.17, 15) is 4.79 Å². The van der Waals surface area contributed by atoms with E-state index in [-0.39, 0.29) is 5.91 Å². The zero-order chi connectivity index (χ0) is 17.8.